The molecule has 4 rings (SSSR count). The highest BCUT2D eigenvalue weighted by molar-refractivity contribution is 8.00. The average Bonchev–Trinajstić information content (AvgIpc) is 3.35. The molecule has 0 unspecified atom stereocenters. The number of aryl methyl sites for hydroxylation is 3. The van der Waals surface area contributed by atoms with E-state index in [1.165, 1.54) is 16.6 Å². The number of urea groups is 1. The van der Waals surface area contributed by atoms with Gasteiger partial charge in [0.05, 0.1) is 10.6 Å². The van der Waals surface area contributed by atoms with Crippen molar-refractivity contribution in [2.24, 2.45) is 0 Å². The lowest BCUT2D eigenvalue weighted by atomic mass is 10.1. The first-order valence-electron chi connectivity index (χ1n) is 10.8. The van der Waals surface area contributed by atoms with Crippen LogP contribution >= 0.6 is 23.1 Å². The molecule has 0 fully saturated rings. The second kappa shape index (κ2) is 9.87. The van der Waals surface area contributed by atoms with Crippen LogP contribution in [0.5, 0.6) is 0 Å². The summed E-state index contributed by atoms with van der Waals surface area (Å²) in [5.41, 5.74) is 2.24. The summed E-state index contributed by atoms with van der Waals surface area (Å²) in [5, 5.41) is 5.55. The van der Waals surface area contributed by atoms with Crippen molar-refractivity contribution in [3.8, 4) is 0 Å². The molecule has 3 aromatic rings. The van der Waals surface area contributed by atoms with Crippen LogP contribution < -0.4 is 16.2 Å². The highest BCUT2D eigenvalue weighted by Crippen LogP contribution is 2.36. The molecule has 1 aromatic carbocycles. The van der Waals surface area contributed by atoms with Crippen molar-refractivity contribution in [1.29, 1.82) is 0 Å². The van der Waals surface area contributed by atoms with Crippen molar-refractivity contribution < 1.29 is 9.59 Å². The number of aromatic nitrogens is 2. The lowest BCUT2D eigenvalue weighted by molar-refractivity contribution is -0.119. The molecule has 2 heterocycles. The fraction of sp³-hybridized carbons (Fsp3) is 0.391. The van der Waals surface area contributed by atoms with E-state index < -0.39 is 17.2 Å². The molecule has 168 valence electrons. The molecule has 2 N–H and O–H groups in total. The predicted octanol–water partition coefficient (Wildman–Crippen LogP) is 3.52. The van der Waals surface area contributed by atoms with Crippen LogP contribution in [0.1, 0.15) is 36.3 Å². The maximum absolute atomic E-state index is 13.6. The van der Waals surface area contributed by atoms with Gasteiger partial charge in [-0.1, -0.05) is 42.1 Å². The number of thiophene rings is 1. The van der Waals surface area contributed by atoms with Crippen LogP contribution in [0.25, 0.3) is 10.2 Å². The Morgan fingerprint density at radius 1 is 1.25 bits per heavy atom. The SMILES string of the molecule is CCNC(=O)NC(=O)[C@H](C)Sc1nc2sc3c(c2c(=O)n1CCc1ccccc1)CCC3. The topological polar surface area (TPSA) is 93.1 Å². The standard InChI is InChI=1S/C23H26N4O3S2/c1-3-24-22(30)25-19(28)14(2)31-23-26-20-18(16-10-7-11-17(16)32-20)21(29)27(23)13-12-15-8-5-4-6-9-15/h4-6,8-9,14H,3,7,10-13H2,1-2H3,(H2,24,25,28,30)/t14-/m0/s1. The summed E-state index contributed by atoms with van der Waals surface area (Å²) in [5.74, 6) is -0.418. The summed E-state index contributed by atoms with van der Waals surface area (Å²) in [4.78, 5) is 44.6. The number of imide groups is 1. The lowest BCUT2D eigenvalue weighted by Crippen LogP contribution is -2.42. The zero-order valence-electron chi connectivity index (χ0n) is 18.1. The summed E-state index contributed by atoms with van der Waals surface area (Å²) in [6.45, 7) is 4.40. The molecule has 1 aliphatic carbocycles. The summed E-state index contributed by atoms with van der Waals surface area (Å²) in [6, 6.07) is 9.48. The smallest absolute Gasteiger partial charge is 0.321 e. The minimum absolute atomic E-state index is 0.0378. The molecular formula is C23H26N4O3S2. The highest BCUT2D eigenvalue weighted by atomic mass is 32.2. The van der Waals surface area contributed by atoms with E-state index in [0.717, 1.165) is 40.6 Å². The third kappa shape index (κ3) is 4.73. The quantitative estimate of drug-likeness (QED) is 0.407. The fourth-order valence-electron chi connectivity index (χ4n) is 3.86. The lowest BCUT2D eigenvalue weighted by Gasteiger charge is -2.16. The van der Waals surface area contributed by atoms with Gasteiger partial charge >= 0.3 is 6.03 Å². The second-order valence-corrected chi connectivity index (χ2v) is 10.1. The van der Waals surface area contributed by atoms with E-state index in [9.17, 15) is 14.4 Å². The van der Waals surface area contributed by atoms with E-state index >= 15 is 0 Å². The van der Waals surface area contributed by atoms with Gasteiger partial charge in [-0.25, -0.2) is 9.78 Å². The normalized spacial score (nSPS) is 13.7. The Bertz CT molecular complexity index is 1200. The van der Waals surface area contributed by atoms with E-state index in [0.29, 0.717) is 24.7 Å². The van der Waals surface area contributed by atoms with Gasteiger partial charge in [-0.05, 0) is 50.7 Å². The van der Waals surface area contributed by atoms with Gasteiger partial charge in [-0.2, -0.15) is 0 Å². The number of amides is 3. The molecule has 7 nitrogen and oxygen atoms in total. The van der Waals surface area contributed by atoms with Crippen LogP contribution in [0.2, 0.25) is 0 Å². The molecule has 0 bridgehead atoms. The number of nitrogens with zero attached hydrogens (tertiary/aromatic N) is 2. The van der Waals surface area contributed by atoms with Crippen LogP contribution in [-0.2, 0) is 30.6 Å². The van der Waals surface area contributed by atoms with Gasteiger partial charge in [0.2, 0.25) is 5.91 Å². The Morgan fingerprint density at radius 3 is 2.78 bits per heavy atom. The molecule has 9 heteroatoms. The number of rotatable bonds is 7. The van der Waals surface area contributed by atoms with Crippen molar-refractivity contribution in [3.63, 3.8) is 0 Å². The number of thioether (sulfide) groups is 1. The average molecular weight is 471 g/mol. The van der Waals surface area contributed by atoms with Gasteiger partial charge in [0.15, 0.2) is 5.16 Å². The third-order valence-corrected chi connectivity index (χ3v) is 7.76. The summed E-state index contributed by atoms with van der Waals surface area (Å²) >= 11 is 2.80. The number of nitrogens with one attached hydrogen (secondary N) is 2. The zero-order chi connectivity index (χ0) is 22.7. The number of hydrogen-bond acceptors (Lipinski definition) is 6. The number of fused-ring (bicyclic) bond motifs is 3. The first-order valence-corrected chi connectivity index (χ1v) is 12.5. The first kappa shape index (κ1) is 22.5. The van der Waals surface area contributed by atoms with E-state index in [4.69, 9.17) is 4.98 Å². The van der Waals surface area contributed by atoms with Crippen LogP contribution in [0.4, 0.5) is 4.79 Å². The second-order valence-electron chi connectivity index (χ2n) is 7.73. The number of carbonyl (C=O) groups is 2. The maximum atomic E-state index is 13.6. The Morgan fingerprint density at radius 2 is 2.03 bits per heavy atom. The Labute approximate surface area is 194 Å². The van der Waals surface area contributed by atoms with Crippen LogP contribution in [0.15, 0.2) is 40.3 Å². The Hall–Kier alpha value is -2.65. The van der Waals surface area contributed by atoms with Crippen LogP contribution in [0, 0.1) is 0 Å². The fourth-order valence-corrected chi connectivity index (χ4v) is 6.10. The summed E-state index contributed by atoms with van der Waals surface area (Å²) in [6.07, 6.45) is 3.68. The molecule has 0 spiro atoms. The van der Waals surface area contributed by atoms with Crippen molar-refractivity contribution in [3.05, 3.63) is 56.7 Å². The zero-order valence-corrected chi connectivity index (χ0v) is 19.8. The van der Waals surface area contributed by atoms with Crippen molar-refractivity contribution in [2.45, 2.75) is 56.5 Å². The van der Waals surface area contributed by atoms with E-state index in [2.05, 4.69) is 10.6 Å². The maximum Gasteiger partial charge on any atom is 0.321 e. The van der Waals surface area contributed by atoms with Crippen molar-refractivity contribution >= 4 is 45.3 Å². The molecule has 0 radical (unpaired) electrons. The van der Waals surface area contributed by atoms with E-state index in [1.54, 1.807) is 29.8 Å². The summed E-state index contributed by atoms with van der Waals surface area (Å²) < 4.78 is 1.70. The van der Waals surface area contributed by atoms with Gasteiger partial charge in [0, 0.05) is 18.0 Å². The summed E-state index contributed by atoms with van der Waals surface area (Å²) in [7, 11) is 0. The number of carbonyl (C=O) groups excluding carboxylic acids is 2. The predicted molar refractivity (Wildman–Crippen MR) is 129 cm³/mol. The minimum atomic E-state index is -0.586. The minimum Gasteiger partial charge on any atom is -0.338 e. The van der Waals surface area contributed by atoms with Gasteiger partial charge < -0.3 is 5.32 Å². The molecule has 32 heavy (non-hydrogen) atoms. The number of hydrogen-bond donors (Lipinski definition) is 2. The molecule has 0 saturated carbocycles. The molecule has 3 amide bonds. The third-order valence-electron chi connectivity index (χ3n) is 5.48. The first-order chi connectivity index (χ1) is 15.5. The molecule has 1 aliphatic rings. The van der Waals surface area contributed by atoms with Gasteiger partial charge in [-0.15, -0.1) is 11.3 Å². The monoisotopic (exact) mass is 470 g/mol. The molecule has 0 saturated heterocycles. The largest absolute Gasteiger partial charge is 0.338 e. The molecular weight excluding hydrogens is 444 g/mol. The Kier molecular flexibility index (Phi) is 6.95. The number of benzene rings is 1. The van der Waals surface area contributed by atoms with Gasteiger partial charge in [0.1, 0.15) is 4.83 Å². The van der Waals surface area contributed by atoms with Gasteiger partial charge in [0.25, 0.3) is 5.56 Å². The van der Waals surface area contributed by atoms with Crippen LogP contribution in [-0.4, -0.2) is 33.3 Å². The highest BCUT2D eigenvalue weighted by Gasteiger charge is 2.25. The molecule has 0 aliphatic heterocycles. The van der Waals surface area contributed by atoms with E-state index in [1.807, 2.05) is 30.3 Å². The van der Waals surface area contributed by atoms with Gasteiger partial charge in [-0.3, -0.25) is 19.5 Å². The van der Waals surface area contributed by atoms with Crippen molar-refractivity contribution in [1.82, 2.24) is 20.2 Å². The van der Waals surface area contributed by atoms with Crippen molar-refractivity contribution in [2.75, 3.05) is 6.54 Å². The molecule has 1 atom stereocenters. The molecule has 2 aromatic heterocycles. The van der Waals surface area contributed by atoms with E-state index in [-0.39, 0.29) is 5.56 Å². The Balaban J connectivity index is 1.66. The van der Waals surface area contributed by atoms with Crippen LogP contribution in [0.3, 0.4) is 0 Å².